The van der Waals surface area contributed by atoms with Crippen LogP contribution in [0.1, 0.15) is 37.8 Å². The van der Waals surface area contributed by atoms with Crippen molar-refractivity contribution in [2.75, 3.05) is 25.0 Å². The molecule has 2 N–H and O–H groups in total. The zero-order chi connectivity index (χ0) is 18.7. The van der Waals surface area contributed by atoms with Crippen LogP contribution in [0.2, 0.25) is 0 Å². The normalized spacial score (nSPS) is 18.8. The molecule has 2 amide bonds. The van der Waals surface area contributed by atoms with Crippen LogP contribution in [0.25, 0.3) is 0 Å². The fraction of sp³-hybridized carbons (Fsp3) is 0.600. The number of aryl methyl sites for hydroxylation is 2. The van der Waals surface area contributed by atoms with Gasteiger partial charge in [-0.2, -0.15) is 0 Å². The summed E-state index contributed by atoms with van der Waals surface area (Å²) >= 11 is 0. The van der Waals surface area contributed by atoms with E-state index in [0.29, 0.717) is 25.4 Å². The molecule has 0 bridgehead atoms. The molecule has 25 heavy (non-hydrogen) atoms. The maximum Gasteiger partial charge on any atom is 0.239 e. The van der Waals surface area contributed by atoms with E-state index >= 15 is 0 Å². The van der Waals surface area contributed by atoms with Crippen LogP contribution in [0.3, 0.4) is 0 Å². The van der Waals surface area contributed by atoms with Crippen LogP contribution in [0.4, 0.5) is 5.69 Å². The standard InChI is InChI=1S/C20H31N3O2/c1-13(2)18(21)7-8-22(5)19(24)17-6-9-23(20(17)25)16-11-14(3)10-15(4)12-16/h10-13,17-18H,6-9,21H2,1-5H3. The lowest BCUT2D eigenvalue weighted by Crippen LogP contribution is -2.40. The lowest BCUT2D eigenvalue weighted by atomic mass is 10.0. The Morgan fingerprint density at radius 3 is 2.44 bits per heavy atom. The summed E-state index contributed by atoms with van der Waals surface area (Å²) in [6, 6.07) is 6.16. The van der Waals surface area contributed by atoms with Gasteiger partial charge < -0.3 is 15.5 Å². The maximum absolute atomic E-state index is 12.8. The van der Waals surface area contributed by atoms with Gasteiger partial charge in [-0.25, -0.2) is 0 Å². The lowest BCUT2D eigenvalue weighted by Gasteiger charge is -2.24. The molecule has 138 valence electrons. The van der Waals surface area contributed by atoms with E-state index in [1.54, 1.807) is 16.8 Å². The average Bonchev–Trinajstić information content (AvgIpc) is 2.91. The Morgan fingerprint density at radius 2 is 1.88 bits per heavy atom. The smallest absolute Gasteiger partial charge is 0.239 e. The van der Waals surface area contributed by atoms with E-state index < -0.39 is 5.92 Å². The van der Waals surface area contributed by atoms with Gasteiger partial charge in [-0.15, -0.1) is 0 Å². The summed E-state index contributed by atoms with van der Waals surface area (Å²) in [6.45, 7) is 9.38. The molecule has 0 spiro atoms. The molecule has 5 heteroatoms. The van der Waals surface area contributed by atoms with Crippen LogP contribution in [0.5, 0.6) is 0 Å². The Hall–Kier alpha value is -1.88. The van der Waals surface area contributed by atoms with Crippen molar-refractivity contribution in [1.82, 2.24) is 4.90 Å². The summed E-state index contributed by atoms with van der Waals surface area (Å²) in [7, 11) is 1.77. The molecule has 0 saturated carbocycles. The van der Waals surface area contributed by atoms with E-state index in [1.807, 2.05) is 26.0 Å². The third-order valence-electron chi connectivity index (χ3n) is 5.05. The van der Waals surface area contributed by atoms with Gasteiger partial charge in [0.15, 0.2) is 0 Å². The third kappa shape index (κ3) is 4.60. The summed E-state index contributed by atoms with van der Waals surface area (Å²) in [5.74, 6) is -0.361. The SMILES string of the molecule is Cc1cc(C)cc(N2CCC(C(=O)N(C)CCC(N)C(C)C)C2=O)c1. The quantitative estimate of drug-likeness (QED) is 0.806. The van der Waals surface area contributed by atoms with Gasteiger partial charge in [-0.05, 0) is 55.9 Å². The topological polar surface area (TPSA) is 66.6 Å². The molecule has 1 fully saturated rings. The predicted octanol–water partition coefficient (Wildman–Crippen LogP) is 2.49. The van der Waals surface area contributed by atoms with E-state index in [-0.39, 0.29) is 17.9 Å². The Bertz CT molecular complexity index is 622. The van der Waals surface area contributed by atoms with Crippen LogP contribution < -0.4 is 10.6 Å². The monoisotopic (exact) mass is 345 g/mol. The number of hydrogen-bond acceptors (Lipinski definition) is 3. The van der Waals surface area contributed by atoms with Gasteiger partial charge in [-0.1, -0.05) is 19.9 Å². The minimum Gasteiger partial charge on any atom is -0.345 e. The summed E-state index contributed by atoms with van der Waals surface area (Å²) in [5.41, 5.74) is 9.20. The average molecular weight is 345 g/mol. The number of hydrogen-bond donors (Lipinski definition) is 1. The van der Waals surface area contributed by atoms with E-state index in [4.69, 9.17) is 5.73 Å². The van der Waals surface area contributed by atoms with Crippen molar-refractivity contribution >= 4 is 17.5 Å². The number of nitrogens with two attached hydrogens (primary N) is 1. The van der Waals surface area contributed by atoms with Crippen molar-refractivity contribution in [2.45, 2.75) is 46.6 Å². The number of anilines is 1. The Morgan fingerprint density at radius 1 is 1.28 bits per heavy atom. The number of benzene rings is 1. The first-order valence-electron chi connectivity index (χ1n) is 9.11. The van der Waals surface area contributed by atoms with Crippen LogP contribution in [-0.2, 0) is 9.59 Å². The van der Waals surface area contributed by atoms with Gasteiger partial charge in [0.2, 0.25) is 11.8 Å². The van der Waals surface area contributed by atoms with Crippen molar-refractivity contribution in [3.8, 4) is 0 Å². The van der Waals surface area contributed by atoms with Crippen molar-refractivity contribution < 1.29 is 9.59 Å². The van der Waals surface area contributed by atoms with Crippen LogP contribution in [0.15, 0.2) is 18.2 Å². The summed E-state index contributed by atoms with van der Waals surface area (Å²) in [4.78, 5) is 28.9. The van der Waals surface area contributed by atoms with E-state index in [9.17, 15) is 9.59 Å². The highest BCUT2D eigenvalue weighted by Gasteiger charge is 2.39. The number of nitrogens with zero attached hydrogens (tertiary/aromatic N) is 2. The molecular formula is C20H31N3O2. The molecule has 1 aliphatic rings. The summed E-state index contributed by atoms with van der Waals surface area (Å²) < 4.78 is 0. The molecule has 1 heterocycles. The van der Waals surface area contributed by atoms with Crippen molar-refractivity contribution in [3.63, 3.8) is 0 Å². The van der Waals surface area contributed by atoms with Crippen LogP contribution >= 0.6 is 0 Å². The highest BCUT2D eigenvalue weighted by molar-refractivity contribution is 6.09. The van der Waals surface area contributed by atoms with Crippen molar-refractivity contribution in [3.05, 3.63) is 29.3 Å². The predicted molar refractivity (Wildman–Crippen MR) is 101 cm³/mol. The molecule has 1 aliphatic heterocycles. The molecule has 0 aliphatic carbocycles. The molecule has 0 aromatic heterocycles. The van der Waals surface area contributed by atoms with E-state index in [0.717, 1.165) is 23.2 Å². The van der Waals surface area contributed by atoms with E-state index in [2.05, 4.69) is 19.9 Å². The van der Waals surface area contributed by atoms with Gasteiger partial charge in [0.1, 0.15) is 5.92 Å². The van der Waals surface area contributed by atoms with Gasteiger partial charge in [0.25, 0.3) is 0 Å². The Labute approximate surface area is 151 Å². The molecule has 2 atom stereocenters. The molecule has 1 saturated heterocycles. The molecule has 1 aromatic rings. The third-order valence-corrected chi connectivity index (χ3v) is 5.05. The molecule has 5 nitrogen and oxygen atoms in total. The number of carbonyl (C=O) groups is 2. The fourth-order valence-electron chi connectivity index (χ4n) is 3.32. The zero-order valence-electron chi connectivity index (χ0n) is 16.1. The largest absolute Gasteiger partial charge is 0.345 e. The highest BCUT2D eigenvalue weighted by atomic mass is 16.2. The number of carbonyl (C=O) groups excluding carboxylic acids is 2. The second-order valence-electron chi connectivity index (χ2n) is 7.63. The molecule has 0 radical (unpaired) electrons. The Kier molecular flexibility index (Phi) is 6.22. The zero-order valence-corrected chi connectivity index (χ0v) is 16.1. The number of amides is 2. The second kappa shape index (κ2) is 8.00. The first kappa shape index (κ1) is 19.4. The lowest BCUT2D eigenvalue weighted by molar-refractivity contribution is -0.138. The van der Waals surface area contributed by atoms with Gasteiger partial charge in [0.05, 0.1) is 0 Å². The minimum absolute atomic E-state index is 0.0706. The second-order valence-corrected chi connectivity index (χ2v) is 7.63. The fourth-order valence-corrected chi connectivity index (χ4v) is 3.32. The minimum atomic E-state index is -0.568. The molecule has 2 unspecified atom stereocenters. The van der Waals surface area contributed by atoms with Gasteiger partial charge >= 0.3 is 0 Å². The van der Waals surface area contributed by atoms with Gasteiger partial charge in [0, 0.05) is 31.9 Å². The summed E-state index contributed by atoms with van der Waals surface area (Å²) in [5, 5.41) is 0. The summed E-state index contributed by atoms with van der Waals surface area (Å²) in [6.07, 6.45) is 1.33. The molecule has 1 aromatic carbocycles. The highest BCUT2D eigenvalue weighted by Crippen LogP contribution is 2.28. The van der Waals surface area contributed by atoms with Crippen LogP contribution in [0, 0.1) is 25.7 Å². The Balaban J connectivity index is 2.01. The first-order valence-corrected chi connectivity index (χ1v) is 9.11. The molecular weight excluding hydrogens is 314 g/mol. The molecule has 2 rings (SSSR count). The number of rotatable bonds is 6. The van der Waals surface area contributed by atoms with E-state index in [1.165, 1.54) is 0 Å². The van der Waals surface area contributed by atoms with Crippen LogP contribution in [-0.4, -0.2) is 42.9 Å². The van der Waals surface area contributed by atoms with Crippen molar-refractivity contribution in [1.29, 1.82) is 0 Å². The van der Waals surface area contributed by atoms with Gasteiger partial charge in [-0.3, -0.25) is 9.59 Å². The first-order chi connectivity index (χ1) is 11.7. The van der Waals surface area contributed by atoms with Crippen molar-refractivity contribution in [2.24, 2.45) is 17.6 Å². The maximum atomic E-state index is 12.8.